The third kappa shape index (κ3) is 4.10. The second kappa shape index (κ2) is 7.12. The predicted molar refractivity (Wildman–Crippen MR) is 87.5 cm³/mol. The Labute approximate surface area is 131 Å². The van der Waals surface area contributed by atoms with Crippen molar-refractivity contribution in [3.8, 4) is 5.75 Å². The van der Waals surface area contributed by atoms with Crippen molar-refractivity contribution in [3.05, 3.63) is 65.2 Å². The number of carbonyl (C=O) groups is 1. The first-order chi connectivity index (χ1) is 10.5. The Kier molecular flexibility index (Phi) is 5.21. The first kappa shape index (κ1) is 16.1. The summed E-state index contributed by atoms with van der Waals surface area (Å²) in [5, 5.41) is 9.59. The lowest BCUT2D eigenvalue weighted by atomic mass is 9.91. The number of hydrogen-bond donors (Lipinski definition) is 1. The van der Waals surface area contributed by atoms with Crippen molar-refractivity contribution in [2.75, 3.05) is 0 Å². The number of para-hydroxylation sites is 1. The van der Waals surface area contributed by atoms with Crippen LogP contribution in [0.15, 0.2) is 48.5 Å². The summed E-state index contributed by atoms with van der Waals surface area (Å²) >= 11 is 0. The van der Waals surface area contributed by atoms with E-state index < -0.39 is 11.9 Å². The number of benzene rings is 2. The van der Waals surface area contributed by atoms with Gasteiger partial charge in [-0.05, 0) is 44.4 Å². The minimum absolute atomic E-state index is 0.0591. The maximum atomic E-state index is 11.7. The summed E-state index contributed by atoms with van der Waals surface area (Å²) in [5.74, 6) is -0.628. The van der Waals surface area contributed by atoms with E-state index in [0.29, 0.717) is 6.42 Å². The molecule has 3 nitrogen and oxygen atoms in total. The standard InChI is InChI=1S/C19H22O3/c1-13(2)22-18-7-5-4-6-16(18)12-17(19(20)21)15-10-8-14(3)9-11-15/h4-11,13,17H,12H2,1-3H3,(H,20,21). The average molecular weight is 298 g/mol. The van der Waals surface area contributed by atoms with Gasteiger partial charge < -0.3 is 9.84 Å². The molecule has 0 amide bonds. The van der Waals surface area contributed by atoms with E-state index in [1.165, 1.54) is 0 Å². The number of ether oxygens (including phenoxy) is 1. The van der Waals surface area contributed by atoms with Gasteiger partial charge in [-0.1, -0.05) is 48.0 Å². The van der Waals surface area contributed by atoms with Crippen LogP contribution in [0.25, 0.3) is 0 Å². The Balaban J connectivity index is 2.29. The third-order valence-corrected chi connectivity index (χ3v) is 3.54. The van der Waals surface area contributed by atoms with Crippen LogP contribution in [0.4, 0.5) is 0 Å². The molecule has 2 aromatic rings. The summed E-state index contributed by atoms with van der Waals surface area (Å²) in [6.07, 6.45) is 0.477. The fourth-order valence-electron chi connectivity index (χ4n) is 2.41. The zero-order valence-electron chi connectivity index (χ0n) is 13.2. The number of hydrogen-bond acceptors (Lipinski definition) is 2. The second-order valence-electron chi connectivity index (χ2n) is 5.78. The van der Waals surface area contributed by atoms with Crippen molar-refractivity contribution in [1.82, 2.24) is 0 Å². The lowest BCUT2D eigenvalue weighted by Crippen LogP contribution is -2.16. The van der Waals surface area contributed by atoms with Crippen molar-refractivity contribution >= 4 is 5.97 Å². The quantitative estimate of drug-likeness (QED) is 0.869. The van der Waals surface area contributed by atoms with Crippen LogP contribution in [0.3, 0.4) is 0 Å². The van der Waals surface area contributed by atoms with Crippen molar-refractivity contribution in [2.45, 2.75) is 39.2 Å². The second-order valence-corrected chi connectivity index (χ2v) is 5.78. The maximum absolute atomic E-state index is 11.7. The summed E-state index contributed by atoms with van der Waals surface area (Å²) in [5.41, 5.74) is 2.86. The van der Waals surface area contributed by atoms with Crippen molar-refractivity contribution in [2.24, 2.45) is 0 Å². The Hall–Kier alpha value is -2.29. The Bertz CT molecular complexity index is 629. The SMILES string of the molecule is Cc1ccc(C(Cc2ccccc2OC(C)C)C(=O)O)cc1. The van der Waals surface area contributed by atoms with Crippen LogP contribution in [-0.2, 0) is 11.2 Å². The van der Waals surface area contributed by atoms with Crippen molar-refractivity contribution in [3.63, 3.8) is 0 Å². The minimum atomic E-state index is -0.816. The highest BCUT2D eigenvalue weighted by molar-refractivity contribution is 5.76. The van der Waals surface area contributed by atoms with Gasteiger partial charge in [-0.15, -0.1) is 0 Å². The molecule has 0 bridgehead atoms. The van der Waals surface area contributed by atoms with Gasteiger partial charge in [0, 0.05) is 0 Å². The van der Waals surface area contributed by atoms with Crippen LogP contribution in [0.1, 0.15) is 36.5 Å². The minimum Gasteiger partial charge on any atom is -0.491 e. The van der Waals surface area contributed by atoms with E-state index in [-0.39, 0.29) is 6.10 Å². The van der Waals surface area contributed by atoms with Crippen LogP contribution >= 0.6 is 0 Å². The normalized spacial score (nSPS) is 12.2. The topological polar surface area (TPSA) is 46.5 Å². The highest BCUT2D eigenvalue weighted by Crippen LogP contribution is 2.27. The van der Waals surface area contributed by atoms with Gasteiger partial charge in [0.05, 0.1) is 12.0 Å². The monoisotopic (exact) mass is 298 g/mol. The lowest BCUT2D eigenvalue weighted by Gasteiger charge is -2.18. The third-order valence-electron chi connectivity index (χ3n) is 3.54. The van der Waals surface area contributed by atoms with Crippen LogP contribution < -0.4 is 4.74 Å². The largest absolute Gasteiger partial charge is 0.491 e. The molecule has 3 heteroatoms. The van der Waals surface area contributed by atoms with Crippen LogP contribution in [0.5, 0.6) is 5.75 Å². The van der Waals surface area contributed by atoms with Gasteiger partial charge >= 0.3 is 5.97 Å². The fraction of sp³-hybridized carbons (Fsp3) is 0.316. The van der Waals surface area contributed by atoms with Crippen LogP contribution in [0.2, 0.25) is 0 Å². The molecule has 0 saturated heterocycles. The lowest BCUT2D eigenvalue weighted by molar-refractivity contribution is -0.138. The van der Waals surface area contributed by atoms with Crippen LogP contribution in [-0.4, -0.2) is 17.2 Å². The molecule has 0 spiro atoms. The number of aliphatic carboxylic acids is 1. The summed E-state index contributed by atoms with van der Waals surface area (Å²) < 4.78 is 5.79. The summed E-state index contributed by atoms with van der Waals surface area (Å²) in [6.45, 7) is 5.92. The molecule has 0 fully saturated rings. The Morgan fingerprint density at radius 3 is 2.32 bits per heavy atom. The van der Waals surface area contributed by atoms with E-state index in [0.717, 1.165) is 22.4 Å². The summed E-state index contributed by atoms with van der Waals surface area (Å²) in [6, 6.07) is 15.3. The molecular weight excluding hydrogens is 276 g/mol. The summed E-state index contributed by atoms with van der Waals surface area (Å²) in [4.78, 5) is 11.7. The predicted octanol–water partition coefficient (Wildman–Crippen LogP) is 4.19. The number of carboxylic acids is 1. The van der Waals surface area contributed by atoms with E-state index >= 15 is 0 Å². The van der Waals surface area contributed by atoms with Gasteiger partial charge in [-0.25, -0.2) is 0 Å². The molecule has 1 atom stereocenters. The Morgan fingerprint density at radius 2 is 1.73 bits per heavy atom. The van der Waals surface area contributed by atoms with Gasteiger partial charge in [0.15, 0.2) is 0 Å². The number of carboxylic acid groups (broad SMARTS) is 1. The van der Waals surface area contributed by atoms with Crippen molar-refractivity contribution < 1.29 is 14.6 Å². The maximum Gasteiger partial charge on any atom is 0.311 e. The summed E-state index contributed by atoms with van der Waals surface area (Å²) in [7, 11) is 0. The van der Waals surface area contributed by atoms with Crippen molar-refractivity contribution in [1.29, 1.82) is 0 Å². The molecule has 0 aliphatic carbocycles. The van der Waals surface area contributed by atoms with Gasteiger partial charge in [0.1, 0.15) is 5.75 Å². The zero-order chi connectivity index (χ0) is 16.1. The van der Waals surface area contributed by atoms with E-state index in [9.17, 15) is 9.90 Å². The highest BCUT2D eigenvalue weighted by atomic mass is 16.5. The molecule has 0 heterocycles. The zero-order valence-corrected chi connectivity index (χ0v) is 13.2. The molecule has 0 saturated carbocycles. The first-order valence-electron chi connectivity index (χ1n) is 7.51. The van der Waals surface area contributed by atoms with E-state index in [2.05, 4.69) is 0 Å². The molecule has 116 valence electrons. The average Bonchev–Trinajstić information content (AvgIpc) is 2.46. The number of rotatable bonds is 6. The van der Waals surface area contributed by atoms with Gasteiger partial charge in [0.25, 0.3) is 0 Å². The van der Waals surface area contributed by atoms with E-state index in [1.54, 1.807) is 0 Å². The van der Waals surface area contributed by atoms with Gasteiger partial charge in [-0.2, -0.15) is 0 Å². The highest BCUT2D eigenvalue weighted by Gasteiger charge is 2.22. The first-order valence-corrected chi connectivity index (χ1v) is 7.51. The molecule has 2 rings (SSSR count). The van der Waals surface area contributed by atoms with E-state index in [4.69, 9.17) is 4.74 Å². The molecule has 2 aromatic carbocycles. The number of aryl methyl sites for hydroxylation is 1. The smallest absolute Gasteiger partial charge is 0.311 e. The van der Waals surface area contributed by atoms with E-state index in [1.807, 2.05) is 69.3 Å². The molecule has 1 N–H and O–H groups in total. The molecule has 0 aromatic heterocycles. The molecular formula is C19H22O3. The molecule has 0 aliphatic rings. The van der Waals surface area contributed by atoms with Gasteiger partial charge in [-0.3, -0.25) is 4.79 Å². The van der Waals surface area contributed by atoms with Crippen LogP contribution in [0, 0.1) is 6.92 Å². The molecule has 0 radical (unpaired) electrons. The molecule has 1 unspecified atom stereocenters. The van der Waals surface area contributed by atoms with Gasteiger partial charge in [0.2, 0.25) is 0 Å². The fourth-order valence-corrected chi connectivity index (χ4v) is 2.41. The molecule has 0 aliphatic heterocycles. The molecule has 22 heavy (non-hydrogen) atoms. The Morgan fingerprint density at radius 1 is 1.09 bits per heavy atom.